The van der Waals surface area contributed by atoms with E-state index in [0.717, 1.165) is 24.0 Å². The lowest BCUT2D eigenvalue weighted by molar-refractivity contribution is 0.921. The van der Waals surface area contributed by atoms with E-state index in [4.69, 9.17) is 5.26 Å². The zero-order valence-electron chi connectivity index (χ0n) is 8.75. The van der Waals surface area contributed by atoms with Crippen molar-refractivity contribution in [3.05, 3.63) is 41.0 Å². The minimum absolute atomic E-state index is 0.753. The van der Waals surface area contributed by atoms with E-state index in [-0.39, 0.29) is 0 Å². The van der Waals surface area contributed by atoms with Crippen LogP contribution in [0.1, 0.15) is 37.0 Å². The Bertz CT molecular complexity index is 369. The molecule has 0 saturated heterocycles. The first-order chi connectivity index (χ1) is 6.81. The first kappa shape index (κ1) is 10.5. The summed E-state index contributed by atoms with van der Waals surface area (Å²) in [6.07, 6.45) is 6.17. The van der Waals surface area contributed by atoms with Crippen LogP contribution in [0.25, 0.3) is 6.08 Å². The maximum absolute atomic E-state index is 8.88. The molecule has 1 aromatic rings. The number of rotatable bonds is 3. The Morgan fingerprint density at radius 3 is 2.79 bits per heavy atom. The molecule has 1 rings (SSSR count). The highest BCUT2D eigenvalue weighted by atomic mass is 14.2. The van der Waals surface area contributed by atoms with E-state index in [0.29, 0.717) is 0 Å². The first-order valence-corrected chi connectivity index (χ1v) is 4.97. The van der Waals surface area contributed by atoms with Crippen molar-refractivity contribution in [1.29, 1.82) is 5.26 Å². The van der Waals surface area contributed by atoms with Crippen LogP contribution in [0.3, 0.4) is 0 Å². The molecule has 0 aliphatic carbocycles. The first-order valence-electron chi connectivity index (χ1n) is 4.97. The van der Waals surface area contributed by atoms with Crippen molar-refractivity contribution < 1.29 is 0 Å². The molecule has 0 heterocycles. The second-order valence-corrected chi connectivity index (χ2v) is 3.28. The highest BCUT2D eigenvalue weighted by molar-refractivity contribution is 5.58. The third-order valence-corrected chi connectivity index (χ3v) is 2.12. The van der Waals surface area contributed by atoms with Gasteiger partial charge in [-0.2, -0.15) is 5.26 Å². The fraction of sp³-hybridized carbons (Fsp3) is 0.308. The van der Waals surface area contributed by atoms with Crippen LogP contribution in [0.15, 0.2) is 24.3 Å². The van der Waals surface area contributed by atoms with Gasteiger partial charge in [-0.25, -0.2) is 0 Å². The fourth-order valence-corrected chi connectivity index (χ4v) is 1.48. The highest BCUT2D eigenvalue weighted by Gasteiger charge is 1.99. The summed E-state index contributed by atoms with van der Waals surface area (Å²) in [6, 6.07) is 8.24. The van der Waals surface area contributed by atoms with Crippen molar-refractivity contribution in [2.45, 2.75) is 26.7 Å². The molecule has 0 saturated carbocycles. The molecule has 0 aliphatic heterocycles. The molecule has 1 nitrogen and oxygen atoms in total. The summed E-state index contributed by atoms with van der Waals surface area (Å²) in [5, 5.41) is 8.88. The van der Waals surface area contributed by atoms with Crippen LogP contribution in [0, 0.1) is 11.3 Å². The standard InChI is InChI=1S/C13H15N/c1-3-5-11-7-8-13(10-14)12(9-11)6-4-2/h4,6-9H,3,5H2,1-2H3. The molecule has 0 bridgehead atoms. The summed E-state index contributed by atoms with van der Waals surface area (Å²) >= 11 is 0. The van der Waals surface area contributed by atoms with E-state index in [1.54, 1.807) is 0 Å². The van der Waals surface area contributed by atoms with Gasteiger partial charge in [-0.1, -0.05) is 37.6 Å². The molecule has 0 spiro atoms. The normalized spacial score (nSPS) is 10.4. The molecule has 1 aromatic carbocycles. The van der Waals surface area contributed by atoms with Crippen LogP contribution in [0.2, 0.25) is 0 Å². The Balaban J connectivity index is 3.08. The van der Waals surface area contributed by atoms with E-state index < -0.39 is 0 Å². The molecule has 0 atom stereocenters. The average molecular weight is 185 g/mol. The molecule has 0 amide bonds. The molecular formula is C13H15N. The van der Waals surface area contributed by atoms with Crippen molar-refractivity contribution in [2.24, 2.45) is 0 Å². The van der Waals surface area contributed by atoms with Gasteiger partial charge in [0, 0.05) is 0 Å². The molecule has 0 aromatic heterocycles. The van der Waals surface area contributed by atoms with Crippen LogP contribution < -0.4 is 0 Å². The molecule has 14 heavy (non-hydrogen) atoms. The van der Waals surface area contributed by atoms with Crippen molar-refractivity contribution in [1.82, 2.24) is 0 Å². The molecule has 0 fully saturated rings. The zero-order chi connectivity index (χ0) is 10.4. The van der Waals surface area contributed by atoms with Crippen LogP contribution in [0.4, 0.5) is 0 Å². The van der Waals surface area contributed by atoms with Gasteiger partial charge in [0.1, 0.15) is 0 Å². The van der Waals surface area contributed by atoms with Gasteiger partial charge in [0.15, 0.2) is 0 Å². The summed E-state index contributed by atoms with van der Waals surface area (Å²) < 4.78 is 0. The lowest BCUT2D eigenvalue weighted by Gasteiger charge is -2.02. The largest absolute Gasteiger partial charge is 0.192 e. The minimum Gasteiger partial charge on any atom is -0.192 e. The van der Waals surface area contributed by atoms with Crippen molar-refractivity contribution in [3.63, 3.8) is 0 Å². The summed E-state index contributed by atoms with van der Waals surface area (Å²) in [7, 11) is 0. The molecular weight excluding hydrogens is 170 g/mol. The SMILES string of the molecule is CC=Cc1cc(CCC)ccc1C#N. The van der Waals surface area contributed by atoms with Crippen LogP contribution in [0.5, 0.6) is 0 Å². The van der Waals surface area contributed by atoms with Crippen molar-refractivity contribution >= 4 is 6.08 Å². The lowest BCUT2D eigenvalue weighted by Crippen LogP contribution is -1.88. The number of nitrogens with zero attached hydrogens (tertiary/aromatic N) is 1. The second kappa shape index (κ2) is 5.24. The van der Waals surface area contributed by atoms with Gasteiger partial charge in [0.05, 0.1) is 11.6 Å². The Hall–Kier alpha value is -1.55. The summed E-state index contributed by atoms with van der Waals surface area (Å²) in [4.78, 5) is 0. The molecule has 0 aliphatic rings. The van der Waals surface area contributed by atoms with Crippen molar-refractivity contribution in [2.75, 3.05) is 0 Å². The average Bonchev–Trinajstić information content (AvgIpc) is 2.19. The van der Waals surface area contributed by atoms with Gasteiger partial charge < -0.3 is 0 Å². The topological polar surface area (TPSA) is 23.8 Å². The Labute approximate surface area is 85.7 Å². The third-order valence-electron chi connectivity index (χ3n) is 2.12. The molecule has 72 valence electrons. The predicted molar refractivity (Wildman–Crippen MR) is 59.9 cm³/mol. The van der Waals surface area contributed by atoms with E-state index in [1.807, 2.05) is 31.2 Å². The van der Waals surface area contributed by atoms with Crippen molar-refractivity contribution in [3.8, 4) is 6.07 Å². The number of allylic oxidation sites excluding steroid dienone is 1. The number of benzene rings is 1. The fourth-order valence-electron chi connectivity index (χ4n) is 1.48. The Morgan fingerprint density at radius 2 is 2.21 bits per heavy atom. The summed E-state index contributed by atoms with van der Waals surface area (Å²) in [6.45, 7) is 4.13. The van der Waals surface area contributed by atoms with E-state index in [2.05, 4.69) is 19.1 Å². The number of hydrogen-bond acceptors (Lipinski definition) is 1. The van der Waals surface area contributed by atoms with Crippen LogP contribution in [-0.2, 0) is 6.42 Å². The molecule has 0 N–H and O–H groups in total. The van der Waals surface area contributed by atoms with E-state index >= 15 is 0 Å². The number of hydrogen-bond donors (Lipinski definition) is 0. The van der Waals surface area contributed by atoms with Gasteiger partial charge in [0.2, 0.25) is 0 Å². The Morgan fingerprint density at radius 1 is 1.43 bits per heavy atom. The monoisotopic (exact) mass is 185 g/mol. The van der Waals surface area contributed by atoms with Gasteiger partial charge in [0.25, 0.3) is 0 Å². The molecule has 0 radical (unpaired) electrons. The third kappa shape index (κ3) is 2.47. The lowest BCUT2D eigenvalue weighted by atomic mass is 10.0. The minimum atomic E-state index is 0.753. The van der Waals surface area contributed by atoms with Crippen LogP contribution >= 0.6 is 0 Å². The predicted octanol–water partition coefficient (Wildman–Crippen LogP) is 3.54. The molecule has 0 unspecified atom stereocenters. The van der Waals surface area contributed by atoms with Crippen LogP contribution in [-0.4, -0.2) is 0 Å². The highest BCUT2D eigenvalue weighted by Crippen LogP contribution is 2.14. The summed E-state index contributed by atoms with van der Waals surface area (Å²) in [5.74, 6) is 0. The van der Waals surface area contributed by atoms with Gasteiger partial charge >= 0.3 is 0 Å². The quantitative estimate of drug-likeness (QED) is 0.706. The van der Waals surface area contributed by atoms with Gasteiger partial charge in [-0.3, -0.25) is 0 Å². The zero-order valence-corrected chi connectivity index (χ0v) is 8.75. The smallest absolute Gasteiger partial charge is 0.0997 e. The second-order valence-electron chi connectivity index (χ2n) is 3.28. The van der Waals surface area contributed by atoms with Gasteiger partial charge in [-0.05, 0) is 30.5 Å². The number of aryl methyl sites for hydroxylation is 1. The maximum atomic E-state index is 8.88. The van der Waals surface area contributed by atoms with E-state index in [9.17, 15) is 0 Å². The Kier molecular flexibility index (Phi) is 3.94. The maximum Gasteiger partial charge on any atom is 0.0997 e. The number of nitriles is 1. The van der Waals surface area contributed by atoms with Gasteiger partial charge in [-0.15, -0.1) is 0 Å². The summed E-state index contributed by atoms with van der Waals surface area (Å²) in [5.41, 5.74) is 3.09. The van der Waals surface area contributed by atoms with E-state index in [1.165, 1.54) is 5.56 Å². The molecule has 1 heteroatoms.